The van der Waals surface area contributed by atoms with E-state index in [0.717, 1.165) is 29.0 Å². The van der Waals surface area contributed by atoms with E-state index in [4.69, 9.17) is 9.47 Å². The van der Waals surface area contributed by atoms with Crippen LogP contribution in [0.2, 0.25) is 0 Å². The number of amides is 1. The van der Waals surface area contributed by atoms with E-state index in [1.54, 1.807) is 13.3 Å². The number of carbonyl (C=O) groups is 1. The summed E-state index contributed by atoms with van der Waals surface area (Å²) in [5, 5.41) is 7.00. The minimum Gasteiger partial charge on any atom is -0.457 e. The largest absolute Gasteiger partial charge is 0.457 e. The summed E-state index contributed by atoms with van der Waals surface area (Å²) < 4.78 is 12.5. The Kier molecular flexibility index (Phi) is 6.62. The average Bonchev–Trinajstić information content (AvgIpc) is 3.26. The first-order chi connectivity index (χ1) is 15.7. The van der Waals surface area contributed by atoms with Crippen LogP contribution < -0.4 is 15.4 Å². The van der Waals surface area contributed by atoms with Gasteiger partial charge in [0.25, 0.3) is 0 Å². The van der Waals surface area contributed by atoms with Crippen LogP contribution in [0.1, 0.15) is 13.3 Å². The zero-order valence-corrected chi connectivity index (χ0v) is 18.0. The number of nitrogens with zero attached hydrogens (tertiary/aromatic N) is 3. The highest BCUT2D eigenvalue weighted by atomic mass is 16.5. The fraction of sp³-hybridized carbons (Fsp3) is 0.208. The number of methoxy groups -OCH3 is 1. The van der Waals surface area contributed by atoms with E-state index < -0.39 is 0 Å². The van der Waals surface area contributed by atoms with Crippen LogP contribution in [0.5, 0.6) is 11.5 Å². The highest BCUT2D eigenvalue weighted by Crippen LogP contribution is 2.27. The van der Waals surface area contributed by atoms with E-state index in [0.29, 0.717) is 18.1 Å². The lowest BCUT2D eigenvalue weighted by molar-refractivity contribution is 0.164. The van der Waals surface area contributed by atoms with Gasteiger partial charge in [0.2, 0.25) is 0 Å². The van der Waals surface area contributed by atoms with Gasteiger partial charge in [0, 0.05) is 19.0 Å². The second kappa shape index (κ2) is 9.93. The van der Waals surface area contributed by atoms with Gasteiger partial charge >= 0.3 is 6.03 Å². The highest BCUT2D eigenvalue weighted by molar-refractivity contribution is 5.95. The van der Waals surface area contributed by atoms with Crippen LogP contribution in [0.4, 0.5) is 16.3 Å². The number of anilines is 2. The van der Waals surface area contributed by atoms with Crippen molar-refractivity contribution in [3.63, 3.8) is 0 Å². The Balaban J connectivity index is 1.50. The normalized spacial score (nSPS) is 11.8. The van der Waals surface area contributed by atoms with Gasteiger partial charge in [0.05, 0.1) is 18.0 Å². The van der Waals surface area contributed by atoms with Gasteiger partial charge in [-0.3, -0.25) is 4.57 Å². The van der Waals surface area contributed by atoms with E-state index >= 15 is 0 Å². The molecule has 0 aliphatic heterocycles. The van der Waals surface area contributed by atoms with Gasteiger partial charge in [-0.15, -0.1) is 0 Å². The molecule has 2 aromatic heterocycles. The molecule has 0 bridgehead atoms. The van der Waals surface area contributed by atoms with Gasteiger partial charge < -0.3 is 20.1 Å². The Morgan fingerprint density at radius 2 is 1.78 bits per heavy atom. The third-order valence-electron chi connectivity index (χ3n) is 4.98. The van der Waals surface area contributed by atoms with Crippen molar-refractivity contribution in [3.8, 4) is 11.5 Å². The first kappa shape index (κ1) is 21.3. The molecule has 0 spiro atoms. The number of nitrogens with one attached hydrogen (secondary N) is 2. The van der Waals surface area contributed by atoms with Crippen LogP contribution in [0, 0.1) is 0 Å². The maximum Gasteiger partial charge on any atom is 0.327 e. The average molecular weight is 431 g/mol. The van der Waals surface area contributed by atoms with Crippen LogP contribution in [-0.4, -0.2) is 40.3 Å². The third-order valence-corrected chi connectivity index (χ3v) is 4.98. The minimum atomic E-state index is -0.254. The predicted octanol–water partition coefficient (Wildman–Crippen LogP) is 4.95. The van der Waals surface area contributed by atoms with Crippen LogP contribution in [-0.2, 0) is 4.74 Å². The molecule has 32 heavy (non-hydrogen) atoms. The molecule has 0 fully saturated rings. The summed E-state index contributed by atoms with van der Waals surface area (Å²) in [6.45, 7) is 2.45. The number of carbonyl (C=O) groups excluding carboxylic acids is 1. The van der Waals surface area contributed by atoms with Crippen molar-refractivity contribution in [2.24, 2.45) is 0 Å². The molecule has 0 aliphatic rings. The molecular formula is C24H25N5O3. The quantitative estimate of drug-likeness (QED) is 0.410. The Morgan fingerprint density at radius 1 is 1.03 bits per heavy atom. The summed E-state index contributed by atoms with van der Waals surface area (Å²) in [6, 6.07) is 18.7. The summed E-state index contributed by atoms with van der Waals surface area (Å²) in [7, 11) is 1.62. The molecule has 1 unspecified atom stereocenters. The summed E-state index contributed by atoms with van der Waals surface area (Å²) in [5.41, 5.74) is 1.37. The molecule has 1 atom stereocenters. The van der Waals surface area contributed by atoms with Crippen LogP contribution in [0.3, 0.4) is 0 Å². The smallest absolute Gasteiger partial charge is 0.327 e. The monoisotopic (exact) mass is 431 g/mol. The van der Waals surface area contributed by atoms with Crippen LogP contribution in [0.25, 0.3) is 11.0 Å². The van der Waals surface area contributed by atoms with E-state index in [2.05, 4.69) is 20.6 Å². The molecule has 4 rings (SSSR count). The summed E-state index contributed by atoms with van der Waals surface area (Å²) in [5.74, 6) is 2.13. The molecule has 2 aromatic carbocycles. The number of benzene rings is 2. The number of fused-ring (bicyclic) bond motifs is 1. The fourth-order valence-corrected chi connectivity index (χ4v) is 3.29. The topological polar surface area (TPSA) is 90.3 Å². The summed E-state index contributed by atoms with van der Waals surface area (Å²) in [4.78, 5) is 21.4. The number of rotatable bonds is 8. The van der Waals surface area contributed by atoms with Crippen molar-refractivity contribution in [2.45, 2.75) is 19.4 Å². The van der Waals surface area contributed by atoms with Crippen molar-refractivity contribution in [1.82, 2.24) is 19.9 Å². The van der Waals surface area contributed by atoms with Crippen molar-refractivity contribution in [2.75, 3.05) is 19.0 Å². The Bertz CT molecular complexity index is 1180. The lowest BCUT2D eigenvalue weighted by atomic mass is 10.2. The number of hydrogen-bond donors (Lipinski definition) is 2. The van der Waals surface area contributed by atoms with Crippen molar-refractivity contribution >= 4 is 28.6 Å². The molecule has 2 N–H and O–H groups in total. The molecule has 0 aliphatic carbocycles. The molecule has 164 valence electrons. The van der Waals surface area contributed by atoms with Gasteiger partial charge in [0.15, 0.2) is 5.65 Å². The van der Waals surface area contributed by atoms with E-state index in [-0.39, 0.29) is 12.1 Å². The fourth-order valence-electron chi connectivity index (χ4n) is 3.29. The molecule has 1 amide bonds. The van der Waals surface area contributed by atoms with Gasteiger partial charge in [-0.1, -0.05) is 25.1 Å². The molecular weight excluding hydrogens is 406 g/mol. The van der Waals surface area contributed by atoms with E-state index in [1.165, 1.54) is 10.9 Å². The summed E-state index contributed by atoms with van der Waals surface area (Å²) >= 11 is 0. The van der Waals surface area contributed by atoms with Crippen LogP contribution in [0.15, 0.2) is 73.2 Å². The Hall–Kier alpha value is -3.91. The van der Waals surface area contributed by atoms with Gasteiger partial charge in [-0.2, -0.15) is 0 Å². The SMILES string of the molecule is CCC(COC)NC(=O)n1ccc2c(Nc3ccc(Oc4ccccc4)cc3)ncnc21. The van der Waals surface area contributed by atoms with Crippen molar-refractivity contribution in [1.29, 1.82) is 0 Å². The third kappa shape index (κ3) is 4.87. The second-order valence-corrected chi connectivity index (χ2v) is 7.22. The molecule has 8 heteroatoms. The predicted molar refractivity (Wildman–Crippen MR) is 124 cm³/mol. The number of aromatic nitrogens is 3. The van der Waals surface area contributed by atoms with E-state index in [9.17, 15) is 4.79 Å². The van der Waals surface area contributed by atoms with E-state index in [1.807, 2.05) is 67.6 Å². The number of hydrogen-bond acceptors (Lipinski definition) is 6. The standard InChI is InChI=1S/C24H25N5O3/c1-3-17(15-31-2)28-24(30)29-14-13-21-22(25-16-26-23(21)29)27-18-9-11-20(12-10-18)32-19-7-5-4-6-8-19/h4-14,16-17H,3,15H2,1-2H3,(H,28,30)(H,25,26,27). The lowest BCUT2D eigenvalue weighted by Crippen LogP contribution is -2.39. The number of ether oxygens (including phenoxy) is 2. The van der Waals surface area contributed by atoms with Gasteiger partial charge in [-0.05, 0) is 48.9 Å². The Labute approximate surface area is 186 Å². The Morgan fingerprint density at radius 3 is 2.50 bits per heavy atom. The summed E-state index contributed by atoms with van der Waals surface area (Å²) in [6.07, 6.45) is 3.90. The maximum atomic E-state index is 12.7. The van der Waals surface area contributed by atoms with Gasteiger partial charge in [0.1, 0.15) is 23.6 Å². The molecule has 4 aromatic rings. The molecule has 0 saturated carbocycles. The highest BCUT2D eigenvalue weighted by Gasteiger charge is 2.16. The maximum absolute atomic E-state index is 12.7. The molecule has 8 nitrogen and oxygen atoms in total. The first-order valence-corrected chi connectivity index (χ1v) is 10.4. The van der Waals surface area contributed by atoms with Crippen LogP contribution >= 0.6 is 0 Å². The zero-order valence-electron chi connectivity index (χ0n) is 18.0. The molecule has 0 radical (unpaired) electrons. The van der Waals surface area contributed by atoms with Gasteiger partial charge in [-0.25, -0.2) is 14.8 Å². The molecule has 0 saturated heterocycles. The molecule has 2 heterocycles. The van der Waals surface area contributed by atoms with Crippen molar-refractivity contribution in [3.05, 3.63) is 73.2 Å². The van der Waals surface area contributed by atoms with Crippen molar-refractivity contribution < 1.29 is 14.3 Å². The zero-order chi connectivity index (χ0) is 22.3. The minimum absolute atomic E-state index is 0.0685. The second-order valence-electron chi connectivity index (χ2n) is 7.22. The first-order valence-electron chi connectivity index (χ1n) is 10.4. The number of para-hydroxylation sites is 1. The lowest BCUT2D eigenvalue weighted by Gasteiger charge is -2.16.